The van der Waals surface area contributed by atoms with Crippen LogP contribution in [0.2, 0.25) is 0 Å². The molecule has 0 fully saturated rings. The smallest absolute Gasteiger partial charge is 0.373 e. The Morgan fingerprint density at radius 2 is 1.91 bits per heavy atom. The molecule has 0 unspecified atom stereocenters. The number of hydrogen-bond donors (Lipinski definition) is 1. The molecule has 3 heterocycles. The zero-order chi connectivity index (χ0) is 15.8. The highest BCUT2D eigenvalue weighted by atomic mass is 16.4. The van der Waals surface area contributed by atoms with E-state index in [0.717, 1.165) is 5.56 Å². The second kappa shape index (κ2) is 5.17. The van der Waals surface area contributed by atoms with Gasteiger partial charge in [-0.15, -0.1) is 0 Å². The first-order valence-corrected chi connectivity index (χ1v) is 7.04. The Bertz CT molecular complexity index is 1030. The SMILES string of the molecule is O=C(O)c1nc(Cc2ccccc2)c2oc3ncccc3c2n1. The lowest BCUT2D eigenvalue weighted by Crippen LogP contribution is -2.07. The molecular weight excluding hydrogens is 294 g/mol. The van der Waals surface area contributed by atoms with Crippen molar-refractivity contribution in [3.05, 3.63) is 65.7 Å². The maximum absolute atomic E-state index is 11.3. The molecule has 0 radical (unpaired) electrons. The van der Waals surface area contributed by atoms with Crippen molar-refractivity contribution < 1.29 is 14.3 Å². The number of pyridine rings is 1. The number of carboxylic acid groups (broad SMARTS) is 1. The molecule has 23 heavy (non-hydrogen) atoms. The quantitative estimate of drug-likeness (QED) is 0.625. The van der Waals surface area contributed by atoms with Gasteiger partial charge in [-0.1, -0.05) is 30.3 Å². The topological polar surface area (TPSA) is 89.1 Å². The first-order chi connectivity index (χ1) is 11.2. The molecule has 0 atom stereocenters. The third-order valence-electron chi connectivity index (χ3n) is 3.57. The van der Waals surface area contributed by atoms with Crippen LogP contribution in [0.4, 0.5) is 0 Å². The first kappa shape index (κ1) is 13.4. The number of aromatic nitrogens is 3. The highest BCUT2D eigenvalue weighted by Crippen LogP contribution is 2.28. The fourth-order valence-corrected chi connectivity index (χ4v) is 2.54. The number of furan rings is 1. The van der Waals surface area contributed by atoms with Gasteiger partial charge in [0.1, 0.15) is 5.52 Å². The Labute approximate surface area is 130 Å². The van der Waals surface area contributed by atoms with E-state index < -0.39 is 5.97 Å². The zero-order valence-electron chi connectivity index (χ0n) is 11.9. The average Bonchev–Trinajstić information content (AvgIpc) is 2.95. The number of fused-ring (bicyclic) bond motifs is 3. The Hall–Kier alpha value is -3.28. The summed E-state index contributed by atoms with van der Waals surface area (Å²) in [5.41, 5.74) is 2.93. The summed E-state index contributed by atoms with van der Waals surface area (Å²) in [6.07, 6.45) is 2.08. The Morgan fingerprint density at radius 1 is 1.09 bits per heavy atom. The van der Waals surface area contributed by atoms with Crippen LogP contribution in [0.1, 0.15) is 21.9 Å². The summed E-state index contributed by atoms with van der Waals surface area (Å²) in [5, 5.41) is 9.96. The van der Waals surface area contributed by atoms with Crippen molar-refractivity contribution in [2.45, 2.75) is 6.42 Å². The van der Waals surface area contributed by atoms with Gasteiger partial charge in [0.15, 0.2) is 5.58 Å². The van der Waals surface area contributed by atoms with E-state index in [1.54, 1.807) is 18.3 Å². The summed E-state index contributed by atoms with van der Waals surface area (Å²) in [4.78, 5) is 23.8. The Balaban J connectivity index is 1.99. The maximum atomic E-state index is 11.3. The van der Waals surface area contributed by atoms with Crippen LogP contribution in [0.15, 0.2) is 53.1 Å². The van der Waals surface area contributed by atoms with Gasteiger partial charge in [0.2, 0.25) is 11.5 Å². The lowest BCUT2D eigenvalue weighted by molar-refractivity contribution is 0.0683. The van der Waals surface area contributed by atoms with Gasteiger partial charge in [0.25, 0.3) is 0 Å². The van der Waals surface area contributed by atoms with E-state index in [4.69, 9.17) is 4.42 Å². The minimum absolute atomic E-state index is 0.241. The van der Waals surface area contributed by atoms with E-state index in [1.807, 2.05) is 30.3 Å². The molecule has 1 aromatic carbocycles. The van der Waals surface area contributed by atoms with E-state index in [9.17, 15) is 9.90 Å². The third kappa shape index (κ3) is 2.30. The van der Waals surface area contributed by atoms with E-state index in [0.29, 0.717) is 34.3 Å². The molecule has 0 aliphatic rings. The number of carbonyl (C=O) groups is 1. The van der Waals surface area contributed by atoms with E-state index >= 15 is 0 Å². The molecule has 0 spiro atoms. The third-order valence-corrected chi connectivity index (χ3v) is 3.57. The normalized spacial score (nSPS) is 11.1. The van der Waals surface area contributed by atoms with Crippen LogP contribution in [0.5, 0.6) is 0 Å². The lowest BCUT2D eigenvalue weighted by Gasteiger charge is -2.03. The van der Waals surface area contributed by atoms with Crippen LogP contribution < -0.4 is 0 Å². The second-order valence-corrected chi connectivity index (χ2v) is 5.10. The molecule has 112 valence electrons. The van der Waals surface area contributed by atoms with Gasteiger partial charge in [-0.05, 0) is 17.7 Å². The fraction of sp³-hybridized carbons (Fsp3) is 0.0588. The number of rotatable bonds is 3. The first-order valence-electron chi connectivity index (χ1n) is 7.04. The second-order valence-electron chi connectivity index (χ2n) is 5.10. The molecule has 1 N–H and O–H groups in total. The number of aromatic carboxylic acids is 1. The van der Waals surface area contributed by atoms with Crippen molar-refractivity contribution in [2.75, 3.05) is 0 Å². The molecule has 3 aromatic heterocycles. The van der Waals surface area contributed by atoms with Gasteiger partial charge < -0.3 is 9.52 Å². The predicted molar refractivity (Wildman–Crippen MR) is 83.3 cm³/mol. The van der Waals surface area contributed by atoms with Crippen LogP contribution in [0.3, 0.4) is 0 Å². The van der Waals surface area contributed by atoms with Crippen LogP contribution in [0.25, 0.3) is 22.2 Å². The molecule has 0 amide bonds. The van der Waals surface area contributed by atoms with Crippen LogP contribution in [0, 0.1) is 0 Å². The number of nitrogens with zero attached hydrogens (tertiary/aromatic N) is 3. The van der Waals surface area contributed by atoms with E-state index in [-0.39, 0.29) is 5.82 Å². The molecular formula is C17H11N3O3. The average molecular weight is 305 g/mol. The number of hydrogen-bond acceptors (Lipinski definition) is 5. The fourth-order valence-electron chi connectivity index (χ4n) is 2.54. The largest absolute Gasteiger partial charge is 0.475 e. The van der Waals surface area contributed by atoms with E-state index in [2.05, 4.69) is 15.0 Å². The zero-order valence-corrected chi connectivity index (χ0v) is 11.9. The molecule has 0 bridgehead atoms. The van der Waals surface area contributed by atoms with Gasteiger partial charge in [-0.25, -0.2) is 19.7 Å². The lowest BCUT2D eigenvalue weighted by atomic mass is 10.1. The van der Waals surface area contributed by atoms with E-state index in [1.165, 1.54) is 0 Å². The summed E-state index contributed by atoms with van der Waals surface area (Å²) in [5.74, 6) is -1.41. The molecule has 0 aliphatic heterocycles. The van der Waals surface area contributed by atoms with Crippen molar-refractivity contribution in [3.8, 4) is 0 Å². The van der Waals surface area contributed by atoms with Crippen LogP contribution >= 0.6 is 0 Å². The highest BCUT2D eigenvalue weighted by Gasteiger charge is 2.19. The van der Waals surface area contributed by atoms with Crippen LogP contribution in [-0.4, -0.2) is 26.0 Å². The Kier molecular flexibility index (Phi) is 3.01. The van der Waals surface area contributed by atoms with Crippen molar-refractivity contribution in [1.29, 1.82) is 0 Å². The Morgan fingerprint density at radius 3 is 2.70 bits per heavy atom. The van der Waals surface area contributed by atoms with Gasteiger partial charge >= 0.3 is 5.97 Å². The molecule has 4 aromatic rings. The molecule has 6 nitrogen and oxygen atoms in total. The van der Waals surface area contributed by atoms with Gasteiger partial charge in [-0.3, -0.25) is 0 Å². The van der Waals surface area contributed by atoms with Gasteiger partial charge in [0.05, 0.1) is 11.1 Å². The summed E-state index contributed by atoms with van der Waals surface area (Å²) in [6.45, 7) is 0. The highest BCUT2D eigenvalue weighted by molar-refractivity contribution is 6.02. The maximum Gasteiger partial charge on any atom is 0.373 e. The molecule has 0 aliphatic carbocycles. The van der Waals surface area contributed by atoms with Crippen molar-refractivity contribution >= 4 is 28.2 Å². The van der Waals surface area contributed by atoms with Crippen LogP contribution in [-0.2, 0) is 6.42 Å². The molecule has 6 heteroatoms. The molecule has 4 rings (SSSR count). The number of carboxylic acids is 1. The number of benzene rings is 1. The minimum Gasteiger partial charge on any atom is -0.475 e. The van der Waals surface area contributed by atoms with Gasteiger partial charge in [0, 0.05) is 12.6 Å². The summed E-state index contributed by atoms with van der Waals surface area (Å²) < 4.78 is 5.76. The van der Waals surface area contributed by atoms with Crippen molar-refractivity contribution in [1.82, 2.24) is 15.0 Å². The summed E-state index contributed by atoms with van der Waals surface area (Å²) in [6, 6.07) is 13.2. The summed E-state index contributed by atoms with van der Waals surface area (Å²) in [7, 11) is 0. The predicted octanol–water partition coefficient (Wildman–Crippen LogP) is 3.06. The standard InChI is InChI=1S/C17H11N3O3/c21-17(22)15-19-12(9-10-5-2-1-3-6-10)14-13(20-15)11-7-4-8-18-16(11)23-14/h1-8H,9H2,(H,21,22). The molecule has 0 saturated heterocycles. The van der Waals surface area contributed by atoms with Crippen molar-refractivity contribution in [2.24, 2.45) is 0 Å². The summed E-state index contributed by atoms with van der Waals surface area (Å²) >= 11 is 0. The minimum atomic E-state index is -1.17. The van der Waals surface area contributed by atoms with Gasteiger partial charge in [-0.2, -0.15) is 0 Å². The molecule has 0 saturated carbocycles. The van der Waals surface area contributed by atoms with Crippen molar-refractivity contribution in [3.63, 3.8) is 0 Å². The monoisotopic (exact) mass is 305 g/mol.